The van der Waals surface area contributed by atoms with Crippen LogP contribution in [0, 0.1) is 0 Å². The van der Waals surface area contributed by atoms with Gasteiger partial charge in [-0.1, -0.05) is 23.7 Å². The maximum absolute atomic E-state index is 12.4. The first-order valence-electron chi connectivity index (χ1n) is 8.75. The summed E-state index contributed by atoms with van der Waals surface area (Å²) in [6, 6.07) is 10.4. The van der Waals surface area contributed by atoms with E-state index in [0.29, 0.717) is 61.4 Å². The Morgan fingerprint density at radius 1 is 1.11 bits per heavy atom. The van der Waals surface area contributed by atoms with Crippen molar-refractivity contribution in [2.24, 2.45) is 0 Å². The second kappa shape index (κ2) is 9.34. The van der Waals surface area contributed by atoms with Crippen LogP contribution in [-0.2, 0) is 4.74 Å². The SMILES string of the molecule is O=C(NCCNc1ccc(C(=O)N2CCOCC2)cn1)c1ccccc1Cl. The Kier molecular flexibility index (Phi) is 6.62. The van der Waals surface area contributed by atoms with Crippen molar-refractivity contribution in [3.63, 3.8) is 0 Å². The van der Waals surface area contributed by atoms with E-state index in [-0.39, 0.29) is 11.8 Å². The molecule has 1 aromatic heterocycles. The lowest BCUT2D eigenvalue weighted by Gasteiger charge is -2.26. The van der Waals surface area contributed by atoms with E-state index in [1.165, 1.54) is 0 Å². The van der Waals surface area contributed by atoms with E-state index < -0.39 is 0 Å². The summed E-state index contributed by atoms with van der Waals surface area (Å²) < 4.78 is 5.25. The first-order valence-corrected chi connectivity index (χ1v) is 9.12. The Morgan fingerprint density at radius 3 is 2.59 bits per heavy atom. The van der Waals surface area contributed by atoms with Crippen LogP contribution in [0.2, 0.25) is 5.02 Å². The lowest BCUT2D eigenvalue weighted by atomic mass is 10.2. The van der Waals surface area contributed by atoms with Crippen LogP contribution in [0.5, 0.6) is 0 Å². The lowest BCUT2D eigenvalue weighted by molar-refractivity contribution is 0.0302. The zero-order chi connectivity index (χ0) is 19.1. The summed E-state index contributed by atoms with van der Waals surface area (Å²) in [6.45, 7) is 3.26. The highest BCUT2D eigenvalue weighted by Gasteiger charge is 2.18. The van der Waals surface area contributed by atoms with Crippen LogP contribution in [0.25, 0.3) is 0 Å². The number of hydrogen-bond donors (Lipinski definition) is 2. The molecule has 2 heterocycles. The highest BCUT2D eigenvalue weighted by atomic mass is 35.5. The van der Waals surface area contributed by atoms with E-state index in [9.17, 15) is 9.59 Å². The second-order valence-corrected chi connectivity index (χ2v) is 6.41. The molecule has 0 spiro atoms. The number of pyridine rings is 1. The van der Waals surface area contributed by atoms with E-state index in [0.717, 1.165) is 0 Å². The van der Waals surface area contributed by atoms with E-state index >= 15 is 0 Å². The summed E-state index contributed by atoms with van der Waals surface area (Å²) in [7, 11) is 0. The molecule has 0 saturated carbocycles. The summed E-state index contributed by atoms with van der Waals surface area (Å²) in [6.07, 6.45) is 1.56. The standard InChI is InChI=1S/C19H21ClN4O3/c20-16-4-2-1-3-15(16)18(25)22-8-7-21-17-6-5-14(13-23-17)19(26)24-9-11-27-12-10-24/h1-6,13H,7-12H2,(H,21,23)(H,22,25). The number of nitrogens with one attached hydrogen (secondary N) is 2. The number of morpholine rings is 1. The Hall–Kier alpha value is -2.64. The molecule has 0 radical (unpaired) electrons. The summed E-state index contributed by atoms with van der Waals surface area (Å²) in [5, 5.41) is 6.33. The number of aromatic nitrogens is 1. The number of amides is 2. The Labute approximate surface area is 162 Å². The van der Waals surface area contributed by atoms with Crippen LogP contribution in [0.4, 0.5) is 5.82 Å². The van der Waals surface area contributed by atoms with Gasteiger partial charge in [0.05, 0.1) is 29.4 Å². The van der Waals surface area contributed by atoms with Gasteiger partial charge in [-0.3, -0.25) is 9.59 Å². The number of carbonyl (C=O) groups is 2. The summed E-state index contributed by atoms with van der Waals surface area (Å²) in [5.41, 5.74) is 0.998. The fourth-order valence-corrected chi connectivity index (χ4v) is 2.90. The second-order valence-electron chi connectivity index (χ2n) is 6.00. The van der Waals surface area contributed by atoms with E-state index in [1.54, 1.807) is 47.5 Å². The molecule has 0 atom stereocenters. The van der Waals surface area contributed by atoms with Gasteiger partial charge in [-0.05, 0) is 24.3 Å². The van der Waals surface area contributed by atoms with E-state index in [4.69, 9.17) is 16.3 Å². The van der Waals surface area contributed by atoms with Crippen molar-refractivity contribution in [3.05, 3.63) is 58.7 Å². The number of rotatable bonds is 6. The summed E-state index contributed by atoms with van der Waals surface area (Å²) in [4.78, 5) is 30.4. The predicted molar refractivity (Wildman–Crippen MR) is 103 cm³/mol. The minimum absolute atomic E-state index is 0.0376. The number of benzene rings is 1. The molecule has 7 nitrogen and oxygen atoms in total. The average Bonchev–Trinajstić information content (AvgIpc) is 2.72. The number of halogens is 1. The molecule has 2 aromatic rings. The first-order chi connectivity index (χ1) is 13.1. The number of anilines is 1. The Morgan fingerprint density at radius 2 is 1.89 bits per heavy atom. The van der Waals surface area contributed by atoms with Crippen LogP contribution in [-0.4, -0.2) is 61.1 Å². The molecular weight excluding hydrogens is 368 g/mol. The van der Waals surface area contributed by atoms with Crippen molar-refractivity contribution in [2.75, 3.05) is 44.7 Å². The minimum atomic E-state index is -0.221. The van der Waals surface area contributed by atoms with Gasteiger partial charge in [-0.25, -0.2) is 4.98 Å². The largest absolute Gasteiger partial charge is 0.378 e. The molecular formula is C19H21ClN4O3. The van der Waals surface area contributed by atoms with E-state index in [2.05, 4.69) is 15.6 Å². The lowest BCUT2D eigenvalue weighted by Crippen LogP contribution is -2.40. The topological polar surface area (TPSA) is 83.6 Å². The van der Waals surface area contributed by atoms with Gasteiger partial charge in [0.25, 0.3) is 11.8 Å². The monoisotopic (exact) mass is 388 g/mol. The maximum atomic E-state index is 12.4. The van der Waals surface area contributed by atoms with Gasteiger partial charge >= 0.3 is 0 Å². The number of nitrogens with zero attached hydrogens (tertiary/aromatic N) is 2. The molecule has 2 amide bonds. The number of hydrogen-bond acceptors (Lipinski definition) is 5. The molecule has 1 saturated heterocycles. The van der Waals surface area contributed by atoms with Gasteiger partial charge < -0.3 is 20.3 Å². The third kappa shape index (κ3) is 5.18. The quantitative estimate of drug-likeness (QED) is 0.740. The Bertz CT molecular complexity index is 792. The molecule has 1 aliphatic rings. The highest BCUT2D eigenvalue weighted by Crippen LogP contribution is 2.14. The maximum Gasteiger partial charge on any atom is 0.255 e. The van der Waals surface area contributed by atoms with Crippen molar-refractivity contribution in [1.29, 1.82) is 0 Å². The molecule has 3 rings (SSSR count). The molecule has 0 bridgehead atoms. The molecule has 0 aliphatic carbocycles. The van der Waals surface area contributed by atoms with Crippen molar-refractivity contribution in [2.45, 2.75) is 0 Å². The van der Waals surface area contributed by atoms with Crippen molar-refractivity contribution < 1.29 is 14.3 Å². The van der Waals surface area contributed by atoms with Crippen molar-refractivity contribution in [3.8, 4) is 0 Å². The van der Waals surface area contributed by atoms with Crippen molar-refractivity contribution in [1.82, 2.24) is 15.2 Å². The average molecular weight is 389 g/mol. The molecule has 1 fully saturated rings. The molecule has 8 heteroatoms. The van der Waals surface area contributed by atoms with Crippen LogP contribution in [0.1, 0.15) is 20.7 Å². The summed E-state index contributed by atoms with van der Waals surface area (Å²) in [5.74, 6) is 0.381. The van der Waals surface area contributed by atoms with Crippen LogP contribution < -0.4 is 10.6 Å². The molecule has 27 heavy (non-hydrogen) atoms. The van der Waals surface area contributed by atoms with Crippen LogP contribution >= 0.6 is 11.6 Å². The Balaban J connectivity index is 1.44. The van der Waals surface area contributed by atoms with Gasteiger partial charge in [-0.2, -0.15) is 0 Å². The molecule has 1 aliphatic heterocycles. The summed E-state index contributed by atoms with van der Waals surface area (Å²) >= 11 is 6.00. The van der Waals surface area contributed by atoms with Crippen molar-refractivity contribution >= 4 is 29.2 Å². The number of carbonyl (C=O) groups excluding carboxylic acids is 2. The predicted octanol–water partition coefficient (Wildman–Crippen LogP) is 2.05. The normalized spacial score (nSPS) is 13.9. The third-order valence-electron chi connectivity index (χ3n) is 4.14. The van der Waals surface area contributed by atoms with Gasteiger partial charge in [0.1, 0.15) is 5.82 Å². The molecule has 1 aromatic carbocycles. The highest BCUT2D eigenvalue weighted by molar-refractivity contribution is 6.33. The fraction of sp³-hybridized carbons (Fsp3) is 0.316. The fourth-order valence-electron chi connectivity index (χ4n) is 2.68. The molecule has 0 unspecified atom stereocenters. The zero-order valence-corrected chi connectivity index (χ0v) is 15.5. The number of ether oxygens (including phenoxy) is 1. The minimum Gasteiger partial charge on any atom is -0.378 e. The van der Waals surface area contributed by atoms with Gasteiger partial charge in [0.15, 0.2) is 0 Å². The smallest absolute Gasteiger partial charge is 0.255 e. The first kappa shape index (κ1) is 19.1. The van der Waals surface area contributed by atoms with Gasteiger partial charge in [0, 0.05) is 32.4 Å². The molecule has 142 valence electrons. The third-order valence-corrected chi connectivity index (χ3v) is 4.47. The van der Waals surface area contributed by atoms with Gasteiger partial charge in [-0.15, -0.1) is 0 Å². The van der Waals surface area contributed by atoms with Crippen LogP contribution in [0.3, 0.4) is 0 Å². The van der Waals surface area contributed by atoms with E-state index in [1.807, 2.05) is 0 Å². The zero-order valence-electron chi connectivity index (χ0n) is 14.8. The molecule has 2 N–H and O–H groups in total. The van der Waals surface area contributed by atoms with Gasteiger partial charge in [0.2, 0.25) is 0 Å². The van der Waals surface area contributed by atoms with Crippen LogP contribution in [0.15, 0.2) is 42.6 Å².